The molecule has 0 fully saturated rings. The third-order valence-electron chi connectivity index (χ3n) is 2.41. The molecule has 0 bridgehead atoms. The topological polar surface area (TPSA) is 49.5 Å². The second kappa shape index (κ2) is 5.98. The van der Waals surface area contributed by atoms with Gasteiger partial charge < -0.3 is 10.8 Å². The van der Waals surface area contributed by atoms with Gasteiger partial charge in [-0.1, -0.05) is 11.6 Å². The molecule has 0 aromatic carbocycles. The molecule has 5 heteroatoms. The number of nitrogens with two attached hydrogens (primary N) is 1. The van der Waals surface area contributed by atoms with Gasteiger partial charge in [0.05, 0.1) is 16.5 Å². The van der Waals surface area contributed by atoms with E-state index in [1.54, 1.807) is 18.3 Å². The molecular formula is C11H19ClN2OS. The van der Waals surface area contributed by atoms with Crippen LogP contribution in [0.15, 0.2) is 12.1 Å². The van der Waals surface area contributed by atoms with E-state index in [2.05, 4.69) is 4.90 Å². The van der Waals surface area contributed by atoms with Crippen molar-refractivity contribution >= 4 is 22.9 Å². The lowest BCUT2D eigenvalue weighted by Gasteiger charge is -2.31. The van der Waals surface area contributed by atoms with Gasteiger partial charge in [-0.15, -0.1) is 11.3 Å². The monoisotopic (exact) mass is 262 g/mol. The van der Waals surface area contributed by atoms with Gasteiger partial charge in [0.1, 0.15) is 0 Å². The van der Waals surface area contributed by atoms with E-state index in [0.717, 1.165) is 9.21 Å². The molecule has 3 nitrogen and oxygen atoms in total. The number of halogens is 1. The Morgan fingerprint density at radius 1 is 1.50 bits per heavy atom. The lowest BCUT2D eigenvalue weighted by atomic mass is 10.1. The summed E-state index contributed by atoms with van der Waals surface area (Å²) in [5, 5.41) is 9.40. The van der Waals surface area contributed by atoms with Crippen LogP contribution in [-0.2, 0) is 0 Å². The first-order valence-corrected chi connectivity index (χ1v) is 6.50. The first-order chi connectivity index (χ1) is 7.41. The van der Waals surface area contributed by atoms with Crippen molar-refractivity contribution in [3.8, 4) is 0 Å². The molecule has 0 saturated heterocycles. The molecule has 92 valence electrons. The summed E-state index contributed by atoms with van der Waals surface area (Å²) in [6, 6.07) is 3.98. The van der Waals surface area contributed by atoms with Gasteiger partial charge in [0, 0.05) is 17.5 Å². The van der Waals surface area contributed by atoms with Crippen molar-refractivity contribution < 1.29 is 5.11 Å². The molecule has 0 amide bonds. The minimum Gasteiger partial charge on any atom is -0.392 e. The highest BCUT2D eigenvalue weighted by molar-refractivity contribution is 7.16. The summed E-state index contributed by atoms with van der Waals surface area (Å²) < 4.78 is 0.770. The predicted molar refractivity (Wildman–Crippen MR) is 70.0 cm³/mol. The number of rotatable bonds is 5. The molecule has 1 aromatic heterocycles. The van der Waals surface area contributed by atoms with Crippen LogP contribution in [0.2, 0.25) is 4.34 Å². The van der Waals surface area contributed by atoms with Crippen LogP contribution in [-0.4, -0.2) is 35.7 Å². The highest BCUT2D eigenvalue weighted by Crippen LogP contribution is 2.31. The van der Waals surface area contributed by atoms with E-state index >= 15 is 0 Å². The lowest BCUT2D eigenvalue weighted by Crippen LogP contribution is -2.39. The Hall–Kier alpha value is -0.130. The summed E-state index contributed by atoms with van der Waals surface area (Å²) >= 11 is 7.47. The van der Waals surface area contributed by atoms with Gasteiger partial charge in [-0.3, -0.25) is 4.90 Å². The minimum atomic E-state index is -0.360. The van der Waals surface area contributed by atoms with Crippen molar-refractivity contribution in [2.75, 3.05) is 13.6 Å². The molecule has 3 N–H and O–H groups in total. The van der Waals surface area contributed by atoms with Crippen LogP contribution >= 0.6 is 22.9 Å². The van der Waals surface area contributed by atoms with E-state index < -0.39 is 0 Å². The molecule has 0 spiro atoms. The highest BCUT2D eigenvalue weighted by atomic mass is 35.5. The number of likely N-dealkylation sites (N-methyl/N-ethyl adjacent to an activating group) is 1. The van der Waals surface area contributed by atoms with E-state index in [1.165, 1.54) is 0 Å². The fraction of sp³-hybridized carbons (Fsp3) is 0.636. The normalized spacial score (nSPS) is 17.4. The van der Waals surface area contributed by atoms with E-state index in [-0.39, 0.29) is 18.2 Å². The maximum atomic E-state index is 9.40. The smallest absolute Gasteiger partial charge is 0.0931 e. The Kier molecular flexibility index (Phi) is 5.21. The Labute approximate surface area is 106 Å². The molecule has 0 aliphatic rings. The average Bonchev–Trinajstić information content (AvgIpc) is 2.49. The number of aliphatic hydroxyl groups excluding tert-OH is 1. The second-order valence-electron chi connectivity index (χ2n) is 4.23. The number of thiophene rings is 1. The number of aliphatic hydroxyl groups is 1. The van der Waals surface area contributed by atoms with Crippen molar-refractivity contribution in [3.63, 3.8) is 0 Å². The maximum Gasteiger partial charge on any atom is 0.0931 e. The third kappa shape index (κ3) is 3.71. The van der Waals surface area contributed by atoms with Crippen LogP contribution in [0.3, 0.4) is 0 Å². The zero-order valence-electron chi connectivity index (χ0n) is 9.85. The largest absolute Gasteiger partial charge is 0.392 e. The standard InChI is InChI=1S/C11H19ClN2OS/c1-7(15)6-14(3)11(8(2)13)9-4-5-10(12)16-9/h4-5,7-8,11,15H,6,13H2,1-3H3. The number of nitrogens with zero attached hydrogens (tertiary/aromatic N) is 1. The van der Waals surface area contributed by atoms with Crippen LogP contribution in [0.4, 0.5) is 0 Å². The predicted octanol–water partition coefficient (Wildman–Crippen LogP) is 2.10. The van der Waals surface area contributed by atoms with Gasteiger partial charge in [0.15, 0.2) is 0 Å². The van der Waals surface area contributed by atoms with E-state index in [9.17, 15) is 5.11 Å². The number of hydrogen-bond acceptors (Lipinski definition) is 4. The molecule has 0 saturated carbocycles. The number of hydrogen-bond donors (Lipinski definition) is 2. The quantitative estimate of drug-likeness (QED) is 0.855. The summed E-state index contributed by atoms with van der Waals surface area (Å²) in [5.74, 6) is 0. The summed E-state index contributed by atoms with van der Waals surface area (Å²) in [4.78, 5) is 3.21. The van der Waals surface area contributed by atoms with Crippen LogP contribution < -0.4 is 5.73 Å². The Balaban J connectivity index is 2.82. The van der Waals surface area contributed by atoms with Crippen molar-refractivity contribution in [3.05, 3.63) is 21.3 Å². The van der Waals surface area contributed by atoms with Gasteiger partial charge in [0.2, 0.25) is 0 Å². The Bertz CT molecular complexity index is 328. The molecule has 16 heavy (non-hydrogen) atoms. The lowest BCUT2D eigenvalue weighted by molar-refractivity contribution is 0.111. The van der Waals surface area contributed by atoms with Crippen LogP contribution in [0.1, 0.15) is 24.8 Å². The second-order valence-corrected chi connectivity index (χ2v) is 5.98. The van der Waals surface area contributed by atoms with E-state index in [0.29, 0.717) is 6.54 Å². The molecule has 1 aromatic rings. The average molecular weight is 263 g/mol. The zero-order valence-corrected chi connectivity index (χ0v) is 11.4. The molecule has 3 unspecified atom stereocenters. The van der Waals surface area contributed by atoms with Crippen LogP contribution in [0, 0.1) is 0 Å². The first-order valence-electron chi connectivity index (χ1n) is 5.31. The van der Waals surface area contributed by atoms with Crippen molar-refractivity contribution in [2.24, 2.45) is 5.73 Å². The van der Waals surface area contributed by atoms with Gasteiger partial charge in [-0.25, -0.2) is 0 Å². The van der Waals surface area contributed by atoms with Crippen molar-refractivity contribution in [1.29, 1.82) is 0 Å². The first kappa shape index (κ1) is 13.9. The molecule has 0 aliphatic heterocycles. The van der Waals surface area contributed by atoms with Crippen molar-refractivity contribution in [2.45, 2.75) is 32.0 Å². The van der Waals surface area contributed by atoms with Gasteiger partial charge >= 0.3 is 0 Å². The van der Waals surface area contributed by atoms with E-state index in [1.807, 2.05) is 26.1 Å². The van der Waals surface area contributed by atoms with Crippen LogP contribution in [0.5, 0.6) is 0 Å². The molecular weight excluding hydrogens is 244 g/mol. The highest BCUT2D eigenvalue weighted by Gasteiger charge is 2.23. The summed E-state index contributed by atoms with van der Waals surface area (Å²) in [6.07, 6.45) is -0.360. The molecule has 3 atom stereocenters. The Morgan fingerprint density at radius 3 is 2.50 bits per heavy atom. The zero-order chi connectivity index (χ0) is 12.3. The summed E-state index contributed by atoms with van der Waals surface area (Å²) in [7, 11) is 1.97. The fourth-order valence-corrected chi connectivity index (χ4v) is 3.24. The van der Waals surface area contributed by atoms with E-state index in [4.69, 9.17) is 17.3 Å². The maximum absolute atomic E-state index is 9.40. The summed E-state index contributed by atoms with van der Waals surface area (Å²) in [5.41, 5.74) is 5.99. The Morgan fingerprint density at radius 2 is 2.12 bits per heavy atom. The molecule has 1 rings (SSSR count). The molecule has 0 radical (unpaired) electrons. The third-order valence-corrected chi connectivity index (χ3v) is 3.71. The molecule has 1 heterocycles. The SMILES string of the molecule is CC(O)CN(C)C(c1ccc(Cl)s1)C(C)N. The van der Waals surface area contributed by atoms with Gasteiger partial charge in [0.25, 0.3) is 0 Å². The minimum absolute atomic E-state index is 0.00142. The molecule has 0 aliphatic carbocycles. The van der Waals surface area contributed by atoms with Gasteiger partial charge in [-0.05, 0) is 33.0 Å². The van der Waals surface area contributed by atoms with Crippen LogP contribution in [0.25, 0.3) is 0 Å². The fourth-order valence-electron chi connectivity index (χ4n) is 1.90. The summed E-state index contributed by atoms with van der Waals surface area (Å²) in [6.45, 7) is 4.34. The van der Waals surface area contributed by atoms with Crippen molar-refractivity contribution in [1.82, 2.24) is 4.90 Å². The van der Waals surface area contributed by atoms with Gasteiger partial charge in [-0.2, -0.15) is 0 Å².